The van der Waals surface area contributed by atoms with Crippen LogP contribution in [0.15, 0.2) is 36.7 Å². The summed E-state index contributed by atoms with van der Waals surface area (Å²) >= 11 is 6.11. The predicted molar refractivity (Wildman–Crippen MR) is 93.1 cm³/mol. The van der Waals surface area contributed by atoms with Crippen LogP contribution >= 0.6 is 11.6 Å². The lowest BCUT2D eigenvalue weighted by molar-refractivity contribution is -0.139. The summed E-state index contributed by atoms with van der Waals surface area (Å²) in [6.45, 7) is 5.12. The molecule has 0 aliphatic heterocycles. The fraction of sp³-hybridized carbons (Fsp3) is 0.353. The molecule has 0 saturated heterocycles. The third-order valence-electron chi connectivity index (χ3n) is 3.23. The zero-order valence-corrected chi connectivity index (χ0v) is 14.9. The van der Waals surface area contributed by atoms with Gasteiger partial charge in [-0.15, -0.1) is 0 Å². The molecule has 2 aromatic rings. The highest BCUT2D eigenvalue weighted by Gasteiger charge is 2.25. The standard InChI is InChI=1S/C17H20ClN3O4/c1-17(2,3)25-16(24)20-12(15(22)23)10-11-6-5-9-21(11)13-7-4-8-19-14(13)18/h4-9,12H,10H2,1-3H3,(H,20,24)(H,22,23). The SMILES string of the molecule is CC(C)(C)OC(=O)NC(Cc1cccn1-c1cccnc1Cl)C(=O)O. The molecule has 2 N–H and O–H groups in total. The third kappa shape index (κ3) is 5.22. The van der Waals surface area contributed by atoms with Crippen LogP contribution in [0, 0.1) is 0 Å². The number of pyridine rings is 1. The molecule has 7 nitrogen and oxygen atoms in total. The summed E-state index contributed by atoms with van der Waals surface area (Å²) < 4.78 is 6.86. The summed E-state index contributed by atoms with van der Waals surface area (Å²) in [6.07, 6.45) is 2.61. The van der Waals surface area contributed by atoms with Crippen molar-refractivity contribution in [3.63, 3.8) is 0 Å². The molecule has 2 aromatic heterocycles. The Morgan fingerprint density at radius 1 is 1.36 bits per heavy atom. The van der Waals surface area contributed by atoms with Crippen LogP contribution < -0.4 is 5.32 Å². The molecule has 0 spiro atoms. The minimum Gasteiger partial charge on any atom is -0.480 e. The van der Waals surface area contributed by atoms with E-state index in [2.05, 4.69) is 10.3 Å². The lowest BCUT2D eigenvalue weighted by Crippen LogP contribution is -2.44. The van der Waals surface area contributed by atoms with E-state index < -0.39 is 23.7 Å². The van der Waals surface area contributed by atoms with Crippen molar-refractivity contribution in [1.29, 1.82) is 0 Å². The molecule has 2 heterocycles. The number of nitrogens with one attached hydrogen (secondary N) is 1. The number of amides is 1. The second kappa shape index (κ2) is 7.57. The smallest absolute Gasteiger partial charge is 0.408 e. The minimum absolute atomic E-state index is 0.0623. The van der Waals surface area contributed by atoms with E-state index in [4.69, 9.17) is 16.3 Å². The molecular formula is C17H20ClN3O4. The monoisotopic (exact) mass is 365 g/mol. The number of hydrogen-bond acceptors (Lipinski definition) is 4. The number of ether oxygens (including phenoxy) is 1. The molecule has 0 saturated carbocycles. The highest BCUT2D eigenvalue weighted by molar-refractivity contribution is 6.31. The molecule has 2 rings (SSSR count). The highest BCUT2D eigenvalue weighted by Crippen LogP contribution is 2.20. The number of carbonyl (C=O) groups excluding carboxylic acids is 1. The maximum Gasteiger partial charge on any atom is 0.408 e. The topological polar surface area (TPSA) is 93.5 Å². The number of hydrogen-bond donors (Lipinski definition) is 2. The van der Waals surface area contributed by atoms with E-state index in [1.807, 2.05) is 0 Å². The van der Waals surface area contributed by atoms with Gasteiger partial charge in [0.05, 0.1) is 5.69 Å². The Labute approximate surface area is 150 Å². The first-order chi connectivity index (χ1) is 11.7. The largest absolute Gasteiger partial charge is 0.480 e. The van der Waals surface area contributed by atoms with Gasteiger partial charge in [-0.05, 0) is 45.0 Å². The first-order valence-corrected chi connectivity index (χ1v) is 8.04. The summed E-state index contributed by atoms with van der Waals surface area (Å²) in [5.74, 6) is -1.16. The molecule has 1 atom stereocenters. The van der Waals surface area contributed by atoms with Gasteiger partial charge >= 0.3 is 12.1 Å². The molecule has 25 heavy (non-hydrogen) atoms. The number of alkyl carbamates (subject to hydrolysis) is 1. The molecule has 1 amide bonds. The van der Waals surface area contributed by atoms with Crippen LogP contribution in [0.4, 0.5) is 4.79 Å². The number of halogens is 1. The van der Waals surface area contributed by atoms with Crippen molar-refractivity contribution in [2.45, 2.75) is 38.8 Å². The van der Waals surface area contributed by atoms with Gasteiger partial charge in [-0.2, -0.15) is 0 Å². The van der Waals surface area contributed by atoms with Crippen LogP contribution in [0.2, 0.25) is 5.15 Å². The van der Waals surface area contributed by atoms with Gasteiger partial charge in [0.1, 0.15) is 11.6 Å². The second-order valence-corrected chi connectivity index (χ2v) is 6.78. The summed E-state index contributed by atoms with van der Waals surface area (Å²) in [7, 11) is 0. The van der Waals surface area contributed by atoms with Crippen molar-refractivity contribution in [1.82, 2.24) is 14.9 Å². The van der Waals surface area contributed by atoms with Gasteiger partial charge in [-0.3, -0.25) is 0 Å². The van der Waals surface area contributed by atoms with E-state index >= 15 is 0 Å². The number of rotatable bonds is 5. The summed E-state index contributed by atoms with van der Waals surface area (Å²) in [6, 6.07) is 5.90. The Balaban J connectivity index is 2.19. The molecule has 134 valence electrons. The quantitative estimate of drug-likeness (QED) is 0.794. The van der Waals surface area contributed by atoms with Gasteiger partial charge in [0.15, 0.2) is 5.15 Å². The first-order valence-electron chi connectivity index (χ1n) is 7.67. The van der Waals surface area contributed by atoms with Crippen LogP contribution in [-0.2, 0) is 16.0 Å². The van der Waals surface area contributed by atoms with Crippen molar-refractivity contribution in [3.05, 3.63) is 47.5 Å². The molecular weight excluding hydrogens is 346 g/mol. The second-order valence-electron chi connectivity index (χ2n) is 6.42. The van der Waals surface area contributed by atoms with Crippen molar-refractivity contribution >= 4 is 23.7 Å². The van der Waals surface area contributed by atoms with Crippen molar-refractivity contribution in [2.24, 2.45) is 0 Å². The van der Waals surface area contributed by atoms with Crippen LogP contribution in [0.3, 0.4) is 0 Å². The van der Waals surface area contributed by atoms with E-state index in [1.54, 1.807) is 62.0 Å². The molecule has 0 fully saturated rings. The third-order valence-corrected chi connectivity index (χ3v) is 3.53. The van der Waals surface area contributed by atoms with Crippen LogP contribution in [0.5, 0.6) is 0 Å². The minimum atomic E-state index is -1.16. The van der Waals surface area contributed by atoms with Crippen LogP contribution in [-0.4, -0.2) is 38.4 Å². The fourth-order valence-corrected chi connectivity index (χ4v) is 2.44. The summed E-state index contributed by atoms with van der Waals surface area (Å²) in [4.78, 5) is 27.4. The summed E-state index contributed by atoms with van der Waals surface area (Å²) in [5, 5.41) is 12.1. The van der Waals surface area contributed by atoms with Gasteiger partial charge in [-0.25, -0.2) is 14.6 Å². The maximum absolute atomic E-state index is 11.9. The average molecular weight is 366 g/mol. The Bertz CT molecular complexity index is 767. The highest BCUT2D eigenvalue weighted by atomic mass is 35.5. The van der Waals surface area contributed by atoms with Crippen LogP contribution in [0.1, 0.15) is 26.5 Å². The normalized spacial score (nSPS) is 12.5. The number of carbonyl (C=O) groups is 2. The lowest BCUT2D eigenvalue weighted by atomic mass is 10.1. The van der Waals surface area contributed by atoms with Crippen molar-refractivity contribution in [2.75, 3.05) is 0 Å². The molecule has 0 radical (unpaired) electrons. The predicted octanol–water partition coefficient (Wildman–Crippen LogP) is 3.05. The zero-order valence-electron chi connectivity index (χ0n) is 14.2. The molecule has 1 unspecified atom stereocenters. The Morgan fingerprint density at radius 2 is 2.08 bits per heavy atom. The van der Waals surface area contributed by atoms with E-state index in [-0.39, 0.29) is 6.42 Å². The summed E-state index contributed by atoms with van der Waals surface area (Å²) in [5.41, 5.74) is 0.584. The first kappa shape index (κ1) is 18.8. The maximum atomic E-state index is 11.9. The van der Waals surface area contributed by atoms with E-state index in [0.717, 1.165) is 0 Å². The van der Waals surface area contributed by atoms with Gasteiger partial charge in [0.2, 0.25) is 0 Å². The number of aromatic nitrogens is 2. The average Bonchev–Trinajstić information content (AvgIpc) is 2.93. The van der Waals surface area contributed by atoms with E-state index in [1.165, 1.54) is 0 Å². The number of carboxylic acids is 1. The molecule has 0 aliphatic rings. The molecule has 8 heteroatoms. The number of carboxylic acid groups (broad SMARTS) is 1. The Morgan fingerprint density at radius 3 is 2.68 bits per heavy atom. The van der Waals surface area contributed by atoms with E-state index in [9.17, 15) is 14.7 Å². The van der Waals surface area contributed by atoms with Crippen molar-refractivity contribution in [3.8, 4) is 5.69 Å². The molecule has 0 aromatic carbocycles. The van der Waals surface area contributed by atoms with E-state index in [0.29, 0.717) is 16.5 Å². The van der Waals surface area contributed by atoms with Gasteiger partial charge in [0.25, 0.3) is 0 Å². The zero-order chi connectivity index (χ0) is 18.6. The van der Waals surface area contributed by atoms with Gasteiger partial charge in [-0.1, -0.05) is 11.6 Å². The molecule has 0 bridgehead atoms. The van der Waals surface area contributed by atoms with Crippen LogP contribution in [0.25, 0.3) is 5.69 Å². The van der Waals surface area contributed by atoms with Gasteiger partial charge < -0.3 is 19.7 Å². The number of nitrogens with zero attached hydrogens (tertiary/aromatic N) is 2. The molecule has 0 aliphatic carbocycles. The van der Waals surface area contributed by atoms with Gasteiger partial charge in [0, 0.05) is 24.5 Å². The lowest BCUT2D eigenvalue weighted by Gasteiger charge is -2.22. The Kier molecular flexibility index (Phi) is 5.69. The van der Waals surface area contributed by atoms with Crippen molar-refractivity contribution < 1.29 is 19.4 Å². The number of aliphatic carboxylic acids is 1. The fourth-order valence-electron chi connectivity index (χ4n) is 2.23. The Hall–Kier alpha value is -2.54.